The van der Waals surface area contributed by atoms with Gasteiger partial charge in [-0.05, 0) is 50.1 Å². The third kappa shape index (κ3) is 4.64. The Labute approximate surface area is 176 Å². The highest BCUT2D eigenvalue weighted by molar-refractivity contribution is 5.94. The molecule has 6 heteroatoms. The van der Waals surface area contributed by atoms with Gasteiger partial charge in [-0.2, -0.15) is 0 Å². The molecule has 150 valence electrons. The second kappa shape index (κ2) is 8.75. The van der Waals surface area contributed by atoms with Gasteiger partial charge in [0, 0.05) is 54.9 Å². The Kier molecular flexibility index (Phi) is 5.71. The molecule has 0 spiro atoms. The van der Waals surface area contributed by atoms with E-state index in [2.05, 4.69) is 31.7 Å². The number of aromatic nitrogens is 3. The maximum Gasteiger partial charge on any atom is 0.254 e. The zero-order valence-electron chi connectivity index (χ0n) is 17.2. The predicted molar refractivity (Wildman–Crippen MR) is 116 cm³/mol. The van der Waals surface area contributed by atoms with Gasteiger partial charge in [-0.15, -0.1) is 0 Å². The molecule has 0 unspecified atom stereocenters. The Morgan fingerprint density at radius 1 is 0.900 bits per heavy atom. The fourth-order valence-corrected chi connectivity index (χ4v) is 3.43. The van der Waals surface area contributed by atoms with Crippen molar-refractivity contribution < 1.29 is 4.79 Å². The van der Waals surface area contributed by atoms with Crippen LogP contribution in [0.1, 0.15) is 33.0 Å². The van der Waals surface area contributed by atoms with Crippen molar-refractivity contribution in [3.63, 3.8) is 0 Å². The quantitative estimate of drug-likeness (QED) is 0.623. The summed E-state index contributed by atoms with van der Waals surface area (Å²) in [6.45, 7) is 6.62. The van der Waals surface area contributed by atoms with Crippen molar-refractivity contribution in [1.29, 1.82) is 0 Å². The Morgan fingerprint density at radius 3 is 2.30 bits per heavy atom. The molecule has 1 amide bonds. The van der Waals surface area contributed by atoms with E-state index < -0.39 is 0 Å². The standard InChI is InChI=1S/C24H23N5O/c1-18-16-19(2)27-24(26-18)29-14-12-28(13-15-29)23(30)21-10-11-25-22(17-21)9-8-20-6-4-3-5-7-20/h3-7,10-11,16-17H,12-15H2,1-2H3. The summed E-state index contributed by atoms with van der Waals surface area (Å²) in [7, 11) is 0. The van der Waals surface area contributed by atoms with Crippen LogP contribution in [0, 0.1) is 25.7 Å². The summed E-state index contributed by atoms with van der Waals surface area (Å²) in [5.41, 5.74) is 4.03. The summed E-state index contributed by atoms with van der Waals surface area (Å²) in [6.07, 6.45) is 1.64. The molecule has 0 saturated carbocycles. The number of benzene rings is 1. The molecule has 4 rings (SSSR count). The lowest BCUT2D eigenvalue weighted by Crippen LogP contribution is -2.49. The van der Waals surface area contributed by atoms with Crippen LogP contribution in [-0.2, 0) is 0 Å². The Morgan fingerprint density at radius 2 is 1.60 bits per heavy atom. The average molecular weight is 397 g/mol. The molecule has 1 saturated heterocycles. The second-order valence-electron chi connectivity index (χ2n) is 7.28. The number of rotatable bonds is 2. The Bertz CT molecular complexity index is 1090. The largest absolute Gasteiger partial charge is 0.337 e. The van der Waals surface area contributed by atoms with E-state index in [9.17, 15) is 4.79 Å². The normalized spacial score (nSPS) is 13.5. The van der Waals surface area contributed by atoms with Crippen LogP contribution in [0.3, 0.4) is 0 Å². The van der Waals surface area contributed by atoms with Gasteiger partial charge in [0.15, 0.2) is 0 Å². The fourth-order valence-electron chi connectivity index (χ4n) is 3.43. The van der Waals surface area contributed by atoms with Gasteiger partial charge in [-0.25, -0.2) is 15.0 Å². The van der Waals surface area contributed by atoms with Crippen LogP contribution in [0.5, 0.6) is 0 Å². The number of anilines is 1. The van der Waals surface area contributed by atoms with E-state index in [4.69, 9.17) is 0 Å². The molecule has 30 heavy (non-hydrogen) atoms. The van der Waals surface area contributed by atoms with E-state index in [-0.39, 0.29) is 5.91 Å². The highest BCUT2D eigenvalue weighted by Crippen LogP contribution is 2.15. The first-order valence-electron chi connectivity index (χ1n) is 9.98. The highest BCUT2D eigenvalue weighted by Gasteiger charge is 2.24. The van der Waals surface area contributed by atoms with E-state index in [0.29, 0.717) is 37.4 Å². The van der Waals surface area contributed by atoms with Crippen molar-refractivity contribution in [2.45, 2.75) is 13.8 Å². The van der Waals surface area contributed by atoms with Gasteiger partial charge in [0.1, 0.15) is 5.69 Å². The van der Waals surface area contributed by atoms with Crippen LogP contribution in [-0.4, -0.2) is 51.9 Å². The van der Waals surface area contributed by atoms with Crippen molar-refractivity contribution in [3.8, 4) is 11.8 Å². The molecule has 0 N–H and O–H groups in total. The minimum atomic E-state index is 0.00107. The van der Waals surface area contributed by atoms with E-state index in [0.717, 1.165) is 22.9 Å². The van der Waals surface area contributed by atoms with Crippen LogP contribution in [0.15, 0.2) is 54.7 Å². The van der Waals surface area contributed by atoms with Crippen molar-refractivity contribution in [1.82, 2.24) is 19.9 Å². The second-order valence-corrected chi connectivity index (χ2v) is 7.28. The van der Waals surface area contributed by atoms with Crippen LogP contribution >= 0.6 is 0 Å². The zero-order chi connectivity index (χ0) is 20.9. The van der Waals surface area contributed by atoms with E-state index >= 15 is 0 Å². The molecule has 0 radical (unpaired) electrons. The maximum absolute atomic E-state index is 13.0. The summed E-state index contributed by atoms with van der Waals surface area (Å²) in [4.78, 5) is 30.3. The van der Waals surface area contributed by atoms with Gasteiger partial charge in [0.05, 0.1) is 0 Å². The lowest BCUT2D eigenvalue weighted by atomic mass is 10.1. The molecule has 2 aromatic heterocycles. The molecule has 3 heterocycles. The topological polar surface area (TPSA) is 62.2 Å². The van der Waals surface area contributed by atoms with E-state index in [1.807, 2.05) is 55.1 Å². The first-order valence-corrected chi connectivity index (χ1v) is 9.98. The summed E-state index contributed by atoms with van der Waals surface area (Å²) in [5.74, 6) is 6.86. The molecule has 1 aromatic carbocycles. The number of carbonyl (C=O) groups excluding carboxylic acids is 1. The van der Waals surface area contributed by atoms with Gasteiger partial charge in [0.25, 0.3) is 5.91 Å². The Hall–Kier alpha value is -3.72. The minimum Gasteiger partial charge on any atom is -0.337 e. The third-order valence-corrected chi connectivity index (χ3v) is 4.94. The number of piperazine rings is 1. The lowest BCUT2D eigenvalue weighted by Gasteiger charge is -2.35. The minimum absolute atomic E-state index is 0.00107. The molecule has 3 aromatic rings. The number of aryl methyl sites for hydroxylation is 2. The molecule has 0 atom stereocenters. The maximum atomic E-state index is 13.0. The number of carbonyl (C=O) groups is 1. The van der Waals surface area contributed by atoms with E-state index in [1.165, 1.54) is 0 Å². The molecule has 6 nitrogen and oxygen atoms in total. The summed E-state index contributed by atoms with van der Waals surface area (Å²) in [5, 5.41) is 0. The van der Waals surface area contributed by atoms with Crippen molar-refractivity contribution in [2.75, 3.05) is 31.1 Å². The average Bonchev–Trinajstić information content (AvgIpc) is 2.77. The zero-order valence-corrected chi connectivity index (χ0v) is 17.2. The molecule has 1 fully saturated rings. The molecule has 1 aliphatic heterocycles. The van der Waals surface area contributed by atoms with Crippen LogP contribution in [0.25, 0.3) is 0 Å². The van der Waals surface area contributed by atoms with E-state index in [1.54, 1.807) is 18.3 Å². The van der Waals surface area contributed by atoms with Crippen LogP contribution < -0.4 is 4.90 Å². The first kappa shape index (κ1) is 19.6. The summed E-state index contributed by atoms with van der Waals surface area (Å²) >= 11 is 0. The number of hydrogen-bond acceptors (Lipinski definition) is 5. The molecule has 0 aliphatic carbocycles. The molecular formula is C24H23N5O. The number of hydrogen-bond donors (Lipinski definition) is 0. The lowest BCUT2D eigenvalue weighted by molar-refractivity contribution is 0.0746. The van der Waals surface area contributed by atoms with Gasteiger partial charge in [-0.3, -0.25) is 4.79 Å². The van der Waals surface area contributed by atoms with Crippen molar-refractivity contribution in [2.24, 2.45) is 0 Å². The molecule has 1 aliphatic rings. The number of amides is 1. The molecule has 0 bridgehead atoms. The smallest absolute Gasteiger partial charge is 0.254 e. The van der Waals surface area contributed by atoms with Gasteiger partial charge < -0.3 is 9.80 Å². The Balaban J connectivity index is 1.43. The fraction of sp³-hybridized carbons (Fsp3) is 0.250. The first-order chi connectivity index (χ1) is 14.6. The SMILES string of the molecule is Cc1cc(C)nc(N2CCN(C(=O)c3ccnc(C#Cc4ccccc4)c3)CC2)n1. The summed E-state index contributed by atoms with van der Waals surface area (Å²) in [6, 6.07) is 15.2. The number of pyridine rings is 1. The van der Waals surface area contributed by atoms with Crippen molar-refractivity contribution >= 4 is 11.9 Å². The van der Waals surface area contributed by atoms with Crippen LogP contribution in [0.2, 0.25) is 0 Å². The van der Waals surface area contributed by atoms with Crippen LogP contribution in [0.4, 0.5) is 5.95 Å². The predicted octanol–water partition coefficient (Wildman–Crippen LogP) is 2.85. The van der Waals surface area contributed by atoms with Gasteiger partial charge in [-0.1, -0.05) is 24.1 Å². The number of nitrogens with zero attached hydrogens (tertiary/aromatic N) is 5. The van der Waals surface area contributed by atoms with Gasteiger partial charge >= 0.3 is 0 Å². The molecular weight excluding hydrogens is 374 g/mol. The third-order valence-electron chi connectivity index (χ3n) is 4.94. The van der Waals surface area contributed by atoms with Crippen molar-refractivity contribution in [3.05, 3.63) is 82.9 Å². The summed E-state index contributed by atoms with van der Waals surface area (Å²) < 4.78 is 0. The highest BCUT2D eigenvalue weighted by atomic mass is 16.2. The monoisotopic (exact) mass is 397 g/mol. The van der Waals surface area contributed by atoms with Gasteiger partial charge in [0.2, 0.25) is 5.95 Å².